The summed E-state index contributed by atoms with van der Waals surface area (Å²) >= 11 is 1.56. The second-order valence-corrected chi connectivity index (χ2v) is 5.13. The molecule has 0 radical (unpaired) electrons. The number of carbonyl (C=O) groups is 1. The maximum Gasteiger partial charge on any atom is 0.248 e. The van der Waals surface area contributed by atoms with Gasteiger partial charge in [-0.15, -0.1) is 21.5 Å². The average molecular weight is 285 g/mol. The fraction of sp³-hybridized carbons (Fsp3) is 0.0769. The van der Waals surface area contributed by atoms with Crippen LogP contribution in [0.3, 0.4) is 0 Å². The Hall–Kier alpha value is -2.54. The minimum absolute atomic E-state index is 0.444. The van der Waals surface area contributed by atoms with Gasteiger partial charge in [-0.1, -0.05) is 18.2 Å². The highest BCUT2D eigenvalue weighted by atomic mass is 32.1. The zero-order valence-corrected chi connectivity index (χ0v) is 11.2. The van der Waals surface area contributed by atoms with E-state index in [0.29, 0.717) is 17.9 Å². The lowest BCUT2D eigenvalue weighted by Gasteiger charge is -2.01. The van der Waals surface area contributed by atoms with E-state index in [9.17, 15) is 4.79 Å². The first kappa shape index (κ1) is 12.5. The number of carbonyl (C=O) groups excluding carboxylic acids is 1. The molecule has 7 heteroatoms. The van der Waals surface area contributed by atoms with Crippen LogP contribution in [-0.2, 0) is 6.54 Å². The Labute approximate surface area is 118 Å². The monoisotopic (exact) mass is 285 g/mol. The third kappa shape index (κ3) is 2.57. The van der Waals surface area contributed by atoms with E-state index in [1.807, 2.05) is 23.6 Å². The summed E-state index contributed by atoms with van der Waals surface area (Å²) < 4.78 is 0. The van der Waals surface area contributed by atoms with Crippen LogP contribution in [0.25, 0.3) is 10.7 Å². The molecule has 6 nitrogen and oxygen atoms in total. The van der Waals surface area contributed by atoms with E-state index in [4.69, 9.17) is 5.73 Å². The Morgan fingerprint density at radius 2 is 2.20 bits per heavy atom. The van der Waals surface area contributed by atoms with Gasteiger partial charge < -0.3 is 5.73 Å². The summed E-state index contributed by atoms with van der Waals surface area (Å²) in [7, 11) is 0. The first-order valence-corrected chi connectivity index (χ1v) is 6.81. The molecule has 0 aliphatic rings. The molecule has 0 aliphatic heterocycles. The van der Waals surface area contributed by atoms with Crippen LogP contribution in [0.1, 0.15) is 15.9 Å². The van der Waals surface area contributed by atoms with Gasteiger partial charge in [0, 0.05) is 5.56 Å². The van der Waals surface area contributed by atoms with Crippen LogP contribution in [0.5, 0.6) is 0 Å². The van der Waals surface area contributed by atoms with Gasteiger partial charge in [0.05, 0.1) is 11.4 Å². The molecule has 1 aromatic carbocycles. The molecular formula is C13H11N5OS. The van der Waals surface area contributed by atoms with E-state index in [2.05, 4.69) is 15.4 Å². The third-order valence-corrected chi connectivity index (χ3v) is 3.60. The van der Waals surface area contributed by atoms with Crippen molar-refractivity contribution in [3.63, 3.8) is 0 Å². The van der Waals surface area contributed by atoms with Crippen molar-refractivity contribution < 1.29 is 4.79 Å². The summed E-state index contributed by atoms with van der Waals surface area (Å²) in [6, 6.07) is 11.0. The highest BCUT2D eigenvalue weighted by molar-refractivity contribution is 7.13. The number of thiophene rings is 1. The lowest BCUT2D eigenvalue weighted by atomic mass is 10.1. The van der Waals surface area contributed by atoms with Crippen molar-refractivity contribution in [1.82, 2.24) is 20.2 Å². The normalized spacial score (nSPS) is 10.6. The number of hydrogen-bond acceptors (Lipinski definition) is 5. The molecule has 0 saturated heterocycles. The van der Waals surface area contributed by atoms with Gasteiger partial charge in [0.2, 0.25) is 11.7 Å². The van der Waals surface area contributed by atoms with Crippen molar-refractivity contribution in [2.45, 2.75) is 6.54 Å². The maximum absolute atomic E-state index is 11.1. The Kier molecular flexibility index (Phi) is 3.26. The number of tetrazole rings is 1. The van der Waals surface area contributed by atoms with Gasteiger partial charge in [0.1, 0.15) is 0 Å². The lowest BCUT2D eigenvalue weighted by Crippen LogP contribution is -2.12. The molecule has 3 rings (SSSR count). The molecule has 0 aliphatic carbocycles. The molecular weight excluding hydrogens is 274 g/mol. The van der Waals surface area contributed by atoms with Gasteiger partial charge in [0.25, 0.3) is 0 Å². The predicted octanol–water partition coefficient (Wildman–Crippen LogP) is 1.55. The van der Waals surface area contributed by atoms with Crippen LogP contribution in [-0.4, -0.2) is 26.1 Å². The number of hydrogen-bond donors (Lipinski definition) is 1. The molecule has 0 atom stereocenters. The SMILES string of the molecule is NC(=O)c1cccc(Cn2nnc(-c3cccs3)n2)c1. The van der Waals surface area contributed by atoms with Crippen molar-refractivity contribution in [2.24, 2.45) is 5.73 Å². The van der Waals surface area contributed by atoms with E-state index < -0.39 is 5.91 Å². The second-order valence-electron chi connectivity index (χ2n) is 4.19. The number of nitrogens with zero attached hydrogens (tertiary/aromatic N) is 4. The van der Waals surface area contributed by atoms with E-state index in [0.717, 1.165) is 10.4 Å². The van der Waals surface area contributed by atoms with Crippen LogP contribution in [0.15, 0.2) is 41.8 Å². The molecule has 1 amide bonds. The van der Waals surface area contributed by atoms with Gasteiger partial charge >= 0.3 is 0 Å². The standard InChI is InChI=1S/C13H11N5OS/c14-12(19)10-4-1-3-9(7-10)8-18-16-13(15-17-18)11-5-2-6-20-11/h1-7H,8H2,(H2,14,19). The van der Waals surface area contributed by atoms with Crippen LogP contribution in [0.4, 0.5) is 0 Å². The molecule has 2 aromatic heterocycles. The lowest BCUT2D eigenvalue weighted by molar-refractivity contribution is 0.1000. The molecule has 0 unspecified atom stereocenters. The Bertz CT molecular complexity index is 735. The summed E-state index contributed by atoms with van der Waals surface area (Å²) in [5.74, 6) is 0.156. The van der Waals surface area contributed by atoms with Crippen LogP contribution >= 0.6 is 11.3 Å². The Morgan fingerprint density at radius 3 is 2.95 bits per heavy atom. The van der Waals surface area contributed by atoms with Crippen molar-refractivity contribution in [3.05, 3.63) is 52.9 Å². The fourth-order valence-electron chi connectivity index (χ4n) is 1.80. The van der Waals surface area contributed by atoms with Crippen LogP contribution in [0, 0.1) is 0 Å². The van der Waals surface area contributed by atoms with Gasteiger partial charge in [-0.05, 0) is 34.4 Å². The van der Waals surface area contributed by atoms with Crippen molar-refractivity contribution in [3.8, 4) is 10.7 Å². The zero-order valence-electron chi connectivity index (χ0n) is 10.4. The number of nitrogens with two attached hydrogens (primary N) is 1. The number of amides is 1. The molecule has 2 heterocycles. The summed E-state index contributed by atoms with van der Waals surface area (Å²) in [5, 5.41) is 14.3. The van der Waals surface area contributed by atoms with Gasteiger partial charge in [-0.25, -0.2) is 0 Å². The highest BCUT2D eigenvalue weighted by Gasteiger charge is 2.08. The first-order chi connectivity index (χ1) is 9.72. The van der Waals surface area contributed by atoms with Gasteiger partial charge in [-0.2, -0.15) is 4.80 Å². The molecule has 3 aromatic rings. The molecule has 0 spiro atoms. The van der Waals surface area contributed by atoms with Crippen LogP contribution in [0.2, 0.25) is 0 Å². The van der Waals surface area contributed by atoms with E-state index in [-0.39, 0.29) is 0 Å². The van der Waals surface area contributed by atoms with Gasteiger partial charge in [0.15, 0.2) is 0 Å². The Balaban J connectivity index is 1.81. The topological polar surface area (TPSA) is 86.7 Å². The van der Waals surface area contributed by atoms with Crippen molar-refractivity contribution >= 4 is 17.2 Å². The van der Waals surface area contributed by atoms with Gasteiger partial charge in [-0.3, -0.25) is 4.79 Å². The Morgan fingerprint density at radius 1 is 1.30 bits per heavy atom. The molecule has 2 N–H and O–H groups in total. The molecule has 0 fully saturated rings. The summed E-state index contributed by atoms with van der Waals surface area (Å²) in [4.78, 5) is 13.6. The number of benzene rings is 1. The van der Waals surface area contributed by atoms with Crippen molar-refractivity contribution in [1.29, 1.82) is 0 Å². The zero-order chi connectivity index (χ0) is 13.9. The minimum Gasteiger partial charge on any atom is -0.366 e. The second kappa shape index (κ2) is 5.22. The van der Waals surface area contributed by atoms with E-state index in [1.165, 1.54) is 4.80 Å². The number of rotatable bonds is 4. The number of primary amides is 1. The van der Waals surface area contributed by atoms with E-state index >= 15 is 0 Å². The van der Waals surface area contributed by atoms with E-state index in [1.54, 1.807) is 29.5 Å². The molecule has 0 bridgehead atoms. The predicted molar refractivity (Wildman–Crippen MR) is 75.2 cm³/mol. The highest BCUT2D eigenvalue weighted by Crippen LogP contribution is 2.19. The summed E-state index contributed by atoms with van der Waals surface area (Å²) in [6.45, 7) is 0.444. The maximum atomic E-state index is 11.1. The number of aromatic nitrogens is 4. The first-order valence-electron chi connectivity index (χ1n) is 5.93. The molecule has 0 saturated carbocycles. The largest absolute Gasteiger partial charge is 0.366 e. The van der Waals surface area contributed by atoms with Crippen molar-refractivity contribution in [2.75, 3.05) is 0 Å². The molecule has 100 valence electrons. The van der Waals surface area contributed by atoms with Crippen LogP contribution < -0.4 is 5.73 Å². The smallest absolute Gasteiger partial charge is 0.248 e. The average Bonchev–Trinajstić information content (AvgIpc) is 3.09. The minimum atomic E-state index is -0.447. The quantitative estimate of drug-likeness (QED) is 0.788. The third-order valence-electron chi connectivity index (χ3n) is 2.73. The summed E-state index contributed by atoms with van der Waals surface area (Å²) in [6.07, 6.45) is 0. The summed E-state index contributed by atoms with van der Waals surface area (Å²) in [5.41, 5.74) is 6.63. The molecule has 20 heavy (non-hydrogen) atoms. The fourth-order valence-corrected chi connectivity index (χ4v) is 2.45.